The molecule has 0 fully saturated rings. The second-order valence-corrected chi connectivity index (χ2v) is 8.10. The molecule has 2 N–H and O–H groups in total. The van der Waals surface area contributed by atoms with Crippen LogP contribution in [0.2, 0.25) is 0 Å². The molecule has 1 aliphatic rings. The first kappa shape index (κ1) is 19.4. The van der Waals surface area contributed by atoms with Crippen LogP contribution < -0.4 is 5.32 Å². The third-order valence-electron chi connectivity index (χ3n) is 6.27. The quantitative estimate of drug-likeness (QED) is 0.444. The second kappa shape index (κ2) is 7.39. The summed E-state index contributed by atoms with van der Waals surface area (Å²) in [6.45, 7) is 0. The highest BCUT2D eigenvalue weighted by atomic mass is 16.3. The van der Waals surface area contributed by atoms with Crippen LogP contribution in [0.15, 0.2) is 55.0 Å². The molecule has 6 rings (SSSR count). The maximum absolute atomic E-state index is 10.5. The van der Waals surface area contributed by atoms with Gasteiger partial charge in [-0.05, 0) is 42.2 Å². The van der Waals surface area contributed by atoms with Crippen molar-refractivity contribution in [1.82, 2.24) is 29.1 Å². The van der Waals surface area contributed by atoms with E-state index in [1.165, 1.54) is 0 Å². The molecule has 0 saturated heterocycles. The van der Waals surface area contributed by atoms with Gasteiger partial charge in [0.15, 0.2) is 5.65 Å². The van der Waals surface area contributed by atoms with Gasteiger partial charge >= 0.3 is 0 Å². The Morgan fingerprint density at radius 2 is 1.91 bits per heavy atom. The molecule has 3 heterocycles. The van der Waals surface area contributed by atoms with Gasteiger partial charge in [0.1, 0.15) is 11.8 Å². The minimum absolute atomic E-state index is 0.0236. The van der Waals surface area contributed by atoms with Gasteiger partial charge in [-0.1, -0.05) is 24.3 Å². The van der Waals surface area contributed by atoms with Gasteiger partial charge < -0.3 is 10.4 Å². The van der Waals surface area contributed by atoms with Gasteiger partial charge in [0.25, 0.3) is 0 Å². The zero-order valence-corrected chi connectivity index (χ0v) is 17.8. The molecule has 0 saturated carbocycles. The van der Waals surface area contributed by atoms with Crippen molar-refractivity contribution in [2.75, 3.05) is 12.4 Å². The molecule has 9 nitrogen and oxygen atoms in total. The summed E-state index contributed by atoms with van der Waals surface area (Å²) in [5.74, 6) is 1.14. The van der Waals surface area contributed by atoms with E-state index in [4.69, 9.17) is 9.97 Å². The van der Waals surface area contributed by atoms with E-state index in [0.29, 0.717) is 35.0 Å². The monoisotopic (exact) mass is 436 g/mol. The topological polar surface area (TPSA) is 117 Å². The standard InChI is InChI=1S/C24H20N8O/c1-26-23-29-18-12-27-24(31-13-28-17-7-6-14(11-25)10-20(17)31)30-22(18)32(23)19-8-9-21(33)16-5-3-2-4-15(16)19/h2-7,10,12-13,19,21,33H,8-9H2,1H3,(H,26,29)/t19-,21-/m1/s1. The van der Waals surface area contributed by atoms with E-state index >= 15 is 0 Å². The predicted molar refractivity (Wildman–Crippen MR) is 123 cm³/mol. The third-order valence-corrected chi connectivity index (χ3v) is 6.27. The molecular weight excluding hydrogens is 416 g/mol. The molecule has 0 radical (unpaired) electrons. The molecule has 9 heteroatoms. The fourth-order valence-electron chi connectivity index (χ4n) is 4.72. The Morgan fingerprint density at radius 1 is 1.06 bits per heavy atom. The molecule has 2 atom stereocenters. The number of aliphatic hydroxyl groups is 1. The molecule has 2 aromatic carbocycles. The Morgan fingerprint density at radius 3 is 2.73 bits per heavy atom. The maximum Gasteiger partial charge on any atom is 0.237 e. The van der Waals surface area contributed by atoms with Crippen LogP contribution in [0.3, 0.4) is 0 Å². The Kier molecular flexibility index (Phi) is 4.35. The minimum atomic E-state index is -0.470. The van der Waals surface area contributed by atoms with E-state index in [1.54, 1.807) is 29.2 Å². The number of nitriles is 1. The highest BCUT2D eigenvalue weighted by Crippen LogP contribution is 2.40. The number of nitrogens with zero attached hydrogens (tertiary/aromatic N) is 7. The number of rotatable bonds is 3. The number of nitrogens with one attached hydrogen (secondary N) is 1. The second-order valence-electron chi connectivity index (χ2n) is 8.10. The summed E-state index contributed by atoms with van der Waals surface area (Å²) in [5.41, 5.74) is 5.45. The zero-order chi connectivity index (χ0) is 22.5. The van der Waals surface area contributed by atoms with E-state index in [1.807, 2.05) is 31.3 Å². The van der Waals surface area contributed by atoms with Crippen molar-refractivity contribution in [3.63, 3.8) is 0 Å². The van der Waals surface area contributed by atoms with Crippen molar-refractivity contribution in [3.05, 3.63) is 71.7 Å². The van der Waals surface area contributed by atoms with E-state index in [9.17, 15) is 10.4 Å². The van der Waals surface area contributed by atoms with Crippen LogP contribution in [-0.2, 0) is 0 Å². The lowest BCUT2D eigenvalue weighted by molar-refractivity contribution is 0.148. The summed E-state index contributed by atoms with van der Waals surface area (Å²) in [5, 5.41) is 23.0. The molecule has 0 amide bonds. The van der Waals surface area contributed by atoms with Crippen molar-refractivity contribution in [1.29, 1.82) is 5.26 Å². The number of anilines is 1. The fraction of sp³-hybridized carbons (Fsp3) is 0.208. The summed E-state index contributed by atoms with van der Waals surface area (Å²) < 4.78 is 3.87. The fourth-order valence-corrected chi connectivity index (χ4v) is 4.72. The molecule has 1 aliphatic carbocycles. The summed E-state index contributed by atoms with van der Waals surface area (Å²) in [6, 6.07) is 15.5. The van der Waals surface area contributed by atoms with E-state index in [0.717, 1.165) is 28.6 Å². The van der Waals surface area contributed by atoms with Gasteiger partial charge in [0.2, 0.25) is 11.9 Å². The molecule has 3 aromatic heterocycles. The summed E-state index contributed by atoms with van der Waals surface area (Å²) >= 11 is 0. The van der Waals surface area contributed by atoms with E-state index in [2.05, 4.69) is 32.0 Å². The van der Waals surface area contributed by atoms with Crippen molar-refractivity contribution in [3.8, 4) is 12.0 Å². The SMILES string of the molecule is CNc1nc2cnc(-n3cnc4ccc(C#N)cc43)nc2n1[C@@H]1CC[C@@H](O)c2ccccc21. The normalized spacial score (nSPS) is 17.7. The minimum Gasteiger partial charge on any atom is -0.388 e. The molecule has 0 bridgehead atoms. The highest BCUT2D eigenvalue weighted by molar-refractivity contribution is 5.79. The van der Waals surface area contributed by atoms with Crippen molar-refractivity contribution in [2.45, 2.75) is 25.0 Å². The summed E-state index contributed by atoms with van der Waals surface area (Å²) in [7, 11) is 1.84. The largest absolute Gasteiger partial charge is 0.388 e. The van der Waals surface area contributed by atoms with Crippen LogP contribution in [0.1, 0.15) is 41.7 Å². The van der Waals surface area contributed by atoms with E-state index < -0.39 is 6.10 Å². The summed E-state index contributed by atoms with van der Waals surface area (Å²) in [4.78, 5) is 18.6. The van der Waals surface area contributed by atoms with Gasteiger partial charge in [-0.25, -0.2) is 15.0 Å². The van der Waals surface area contributed by atoms with Crippen molar-refractivity contribution < 1.29 is 5.11 Å². The van der Waals surface area contributed by atoms with E-state index in [-0.39, 0.29) is 6.04 Å². The lowest BCUT2D eigenvalue weighted by Crippen LogP contribution is -2.21. The first-order valence-corrected chi connectivity index (χ1v) is 10.7. The highest BCUT2D eigenvalue weighted by Gasteiger charge is 2.30. The Bertz CT molecular complexity index is 1560. The van der Waals surface area contributed by atoms with Crippen molar-refractivity contribution in [2.24, 2.45) is 0 Å². The first-order valence-electron chi connectivity index (χ1n) is 10.7. The zero-order valence-electron chi connectivity index (χ0n) is 17.8. The Hall–Kier alpha value is -4.29. The smallest absolute Gasteiger partial charge is 0.237 e. The van der Waals surface area contributed by atoms with Crippen LogP contribution in [0, 0.1) is 11.3 Å². The van der Waals surface area contributed by atoms with Gasteiger partial charge in [0, 0.05) is 7.05 Å². The van der Waals surface area contributed by atoms with Crippen LogP contribution in [-0.4, -0.2) is 41.2 Å². The van der Waals surface area contributed by atoms with Gasteiger partial charge in [-0.2, -0.15) is 10.2 Å². The van der Waals surface area contributed by atoms with Crippen LogP contribution in [0.4, 0.5) is 5.95 Å². The number of imidazole rings is 2. The lowest BCUT2D eigenvalue weighted by Gasteiger charge is -2.30. The molecule has 0 aliphatic heterocycles. The first-order chi connectivity index (χ1) is 16.2. The van der Waals surface area contributed by atoms with Crippen LogP contribution in [0.5, 0.6) is 0 Å². The molecule has 33 heavy (non-hydrogen) atoms. The maximum atomic E-state index is 10.5. The number of benzene rings is 2. The number of fused-ring (bicyclic) bond motifs is 3. The van der Waals surface area contributed by atoms with Gasteiger partial charge in [0.05, 0.1) is 41.0 Å². The predicted octanol–water partition coefficient (Wildman–Crippen LogP) is 3.50. The summed E-state index contributed by atoms with van der Waals surface area (Å²) in [6.07, 6.45) is 4.32. The molecule has 5 aromatic rings. The number of hydrogen-bond acceptors (Lipinski definition) is 7. The van der Waals surface area contributed by atoms with Crippen LogP contribution in [0.25, 0.3) is 28.1 Å². The number of aliphatic hydroxyl groups excluding tert-OH is 1. The molecule has 0 spiro atoms. The van der Waals surface area contributed by atoms with Gasteiger partial charge in [-0.3, -0.25) is 9.13 Å². The number of aromatic nitrogens is 6. The number of hydrogen-bond donors (Lipinski definition) is 2. The molecular formula is C24H20N8O. The third kappa shape index (κ3) is 2.96. The average molecular weight is 436 g/mol. The van der Waals surface area contributed by atoms with Crippen LogP contribution >= 0.6 is 0 Å². The lowest BCUT2D eigenvalue weighted by atomic mass is 9.85. The Balaban J connectivity index is 1.56. The van der Waals surface area contributed by atoms with Crippen molar-refractivity contribution >= 4 is 28.1 Å². The van der Waals surface area contributed by atoms with Gasteiger partial charge in [-0.15, -0.1) is 0 Å². The molecule has 0 unspecified atom stereocenters. The molecule has 162 valence electrons. The Labute approximate surface area is 189 Å². The average Bonchev–Trinajstić information content (AvgIpc) is 3.45.